The van der Waals surface area contributed by atoms with Crippen molar-refractivity contribution in [2.45, 2.75) is 43.6 Å². The first-order valence-corrected chi connectivity index (χ1v) is 12.3. The van der Waals surface area contributed by atoms with Crippen molar-refractivity contribution in [1.82, 2.24) is 0 Å². The summed E-state index contributed by atoms with van der Waals surface area (Å²) >= 11 is 1.83. The second-order valence-electron chi connectivity index (χ2n) is 6.52. The molecule has 2 aromatic rings. The third kappa shape index (κ3) is 7.58. The first kappa shape index (κ1) is 22.9. The molecule has 0 aromatic heterocycles. The number of carbonyl (C=O) groups excluding carboxylic acids is 1. The van der Waals surface area contributed by atoms with Crippen molar-refractivity contribution in [1.29, 1.82) is 0 Å². The van der Waals surface area contributed by atoms with Crippen molar-refractivity contribution in [2.75, 3.05) is 24.9 Å². The van der Waals surface area contributed by atoms with Gasteiger partial charge in [0.1, 0.15) is 0 Å². The maximum absolute atomic E-state index is 12.8. The monoisotopic (exact) mass is 418 g/mol. The Kier molecular flexibility index (Phi) is 10.6. The summed E-state index contributed by atoms with van der Waals surface area (Å²) in [4.78, 5) is 14.1. The van der Waals surface area contributed by atoms with Crippen molar-refractivity contribution in [2.24, 2.45) is 0 Å². The molecule has 2 unspecified atom stereocenters. The summed E-state index contributed by atoms with van der Waals surface area (Å²) in [5.41, 5.74) is 1.45. The fraction of sp³-hybridized carbons (Fsp3) is 0.435. The Labute approximate surface area is 175 Å². The number of carbonyl (C=O) groups is 1. The molecule has 2 aromatic carbocycles. The van der Waals surface area contributed by atoms with Crippen LogP contribution in [0.4, 0.5) is 0 Å². The summed E-state index contributed by atoms with van der Waals surface area (Å²) in [5, 5.41) is 0. The molecule has 0 heterocycles. The minimum absolute atomic E-state index is 0.206. The van der Waals surface area contributed by atoms with Gasteiger partial charge in [-0.15, -0.1) is 20.3 Å². The first-order chi connectivity index (χ1) is 13.7. The van der Waals surface area contributed by atoms with E-state index >= 15 is 0 Å². The molecule has 0 aliphatic rings. The number of hydrogen-bond acceptors (Lipinski definition) is 4. The normalized spacial score (nSPS) is 13.5. The average Bonchev–Trinajstić information content (AvgIpc) is 2.73. The van der Waals surface area contributed by atoms with Gasteiger partial charge in [0.2, 0.25) is 0 Å². The van der Waals surface area contributed by atoms with E-state index in [2.05, 4.69) is 48.5 Å². The molecule has 0 N–H and O–H groups in total. The van der Waals surface area contributed by atoms with Crippen LogP contribution in [0.2, 0.25) is 0 Å². The second kappa shape index (κ2) is 13.0. The summed E-state index contributed by atoms with van der Waals surface area (Å²) in [6, 6.07) is 20.8. The van der Waals surface area contributed by atoms with Gasteiger partial charge in [-0.2, -0.15) is 0 Å². The minimum Gasteiger partial charge on any atom is -0.464 e. The van der Waals surface area contributed by atoms with Gasteiger partial charge in [-0.3, -0.25) is 0 Å². The van der Waals surface area contributed by atoms with Crippen LogP contribution in [0.5, 0.6) is 0 Å². The predicted molar refractivity (Wildman–Crippen MR) is 121 cm³/mol. The molecule has 5 heteroatoms. The largest absolute Gasteiger partial charge is 0.464 e. The molecule has 0 saturated heterocycles. The molecule has 28 heavy (non-hydrogen) atoms. The van der Waals surface area contributed by atoms with Crippen LogP contribution in [0.1, 0.15) is 32.3 Å². The highest BCUT2D eigenvalue weighted by atomic mass is 32.2. The van der Waals surface area contributed by atoms with Gasteiger partial charge >= 0.3 is 5.97 Å². The van der Waals surface area contributed by atoms with Gasteiger partial charge < -0.3 is 9.47 Å². The number of esters is 1. The van der Waals surface area contributed by atoms with Crippen LogP contribution in [0.3, 0.4) is 0 Å². The quantitative estimate of drug-likeness (QED) is 0.179. The van der Waals surface area contributed by atoms with E-state index in [0.717, 1.165) is 18.3 Å². The van der Waals surface area contributed by atoms with Gasteiger partial charge in [0.05, 0.1) is 6.61 Å². The van der Waals surface area contributed by atoms with Crippen molar-refractivity contribution in [3.05, 3.63) is 66.2 Å². The van der Waals surface area contributed by atoms with E-state index in [4.69, 9.17) is 9.47 Å². The average molecular weight is 419 g/mol. The van der Waals surface area contributed by atoms with Gasteiger partial charge in [0.25, 0.3) is 0 Å². The lowest BCUT2D eigenvalue weighted by Crippen LogP contribution is -2.45. The highest BCUT2D eigenvalue weighted by Gasteiger charge is 2.39. The fourth-order valence-corrected chi connectivity index (χ4v) is 5.77. The lowest BCUT2D eigenvalue weighted by atomic mass is 9.96. The summed E-state index contributed by atoms with van der Waals surface area (Å²) in [6.45, 7) is 4.70. The van der Waals surface area contributed by atoms with Crippen LogP contribution in [0.25, 0.3) is 0 Å². The molecular weight excluding hydrogens is 387 g/mol. The molecule has 0 fully saturated rings. The third-order valence-corrected chi connectivity index (χ3v) is 7.27. The third-order valence-electron chi connectivity index (χ3n) is 4.45. The Hall–Kier alpha value is -1.35. The Morgan fingerprint density at radius 2 is 1.68 bits per heavy atom. The number of thioether (sulfide) groups is 1. The van der Waals surface area contributed by atoms with Crippen molar-refractivity contribution >= 4 is 26.3 Å². The smallest absolute Gasteiger partial charge is 0.338 e. The van der Waals surface area contributed by atoms with E-state index in [0.29, 0.717) is 34.4 Å². The molecule has 0 radical (unpaired) electrons. The molecule has 0 amide bonds. The molecule has 152 valence electrons. The van der Waals surface area contributed by atoms with Crippen LogP contribution < -0.4 is 0 Å². The van der Waals surface area contributed by atoms with E-state index in [1.54, 1.807) is 0 Å². The van der Waals surface area contributed by atoms with E-state index in [-0.39, 0.29) is 5.97 Å². The first-order valence-electron chi connectivity index (χ1n) is 9.94. The summed E-state index contributed by atoms with van der Waals surface area (Å²) in [6.07, 6.45) is 3.25. The topological polar surface area (TPSA) is 35.5 Å². The molecule has 3 nitrogen and oxygen atoms in total. The number of rotatable bonds is 13. The number of benzene rings is 2. The SMILES string of the molecule is CCOC(=O)C(CCCc1ccccc1)(CPCSc1ccccc1)OCC. The molecule has 2 rings (SSSR count). The minimum atomic E-state index is -0.824. The zero-order valence-electron chi connectivity index (χ0n) is 16.9. The van der Waals surface area contributed by atoms with Crippen LogP contribution >= 0.6 is 20.3 Å². The predicted octanol–water partition coefficient (Wildman–Crippen LogP) is 5.78. The molecule has 2 atom stereocenters. The Bertz CT molecular complexity index is 681. The van der Waals surface area contributed by atoms with E-state index in [9.17, 15) is 4.79 Å². The fourth-order valence-electron chi connectivity index (χ4n) is 3.11. The highest BCUT2D eigenvalue weighted by Crippen LogP contribution is 2.33. The van der Waals surface area contributed by atoms with Gasteiger partial charge in [0.15, 0.2) is 5.60 Å². The van der Waals surface area contributed by atoms with Gasteiger partial charge in [-0.1, -0.05) is 48.5 Å². The van der Waals surface area contributed by atoms with E-state index in [1.165, 1.54) is 10.5 Å². The summed E-state index contributed by atoms with van der Waals surface area (Å²) in [7, 11) is 0.631. The Morgan fingerprint density at radius 3 is 2.32 bits per heavy atom. The highest BCUT2D eigenvalue weighted by molar-refractivity contribution is 8.03. The van der Waals surface area contributed by atoms with Crippen molar-refractivity contribution in [3.8, 4) is 0 Å². The molecule has 0 spiro atoms. The summed E-state index contributed by atoms with van der Waals surface area (Å²) < 4.78 is 11.5. The Balaban J connectivity index is 1.95. The van der Waals surface area contributed by atoms with Crippen LogP contribution in [-0.2, 0) is 20.7 Å². The second-order valence-corrected chi connectivity index (χ2v) is 9.28. The van der Waals surface area contributed by atoms with Crippen molar-refractivity contribution < 1.29 is 14.3 Å². The lowest BCUT2D eigenvalue weighted by molar-refractivity contribution is -0.169. The molecule has 0 saturated carbocycles. The maximum Gasteiger partial charge on any atom is 0.338 e. The molecule has 0 bridgehead atoms. The standard InChI is InChI=1S/C23H31O3PS/c1-3-25-22(24)23(26-4-2,17-11-14-20-12-7-5-8-13-20)18-27-19-28-21-15-9-6-10-16-21/h5-10,12-13,15-16,27H,3-4,11,14,17-19H2,1-2H3. The van der Waals surface area contributed by atoms with Crippen molar-refractivity contribution in [3.63, 3.8) is 0 Å². The zero-order chi connectivity index (χ0) is 20.1. The zero-order valence-corrected chi connectivity index (χ0v) is 18.7. The van der Waals surface area contributed by atoms with Gasteiger partial charge in [-0.05, 0) is 50.8 Å². The van der Waals surface area contributed by atoms with Crippen LogP contribution in [-0.4, -0.2) is 36.4 Å². The summed E-state index contributed by atoms with van der Waals surface area (Å²) in [5.74, 6) is -0.206. The van der Waals surface area contributed by atoms with Gasteiger partial charge in [-0.25, -0.2) is 4.79 Å². The maximum atomic E-state index is 12.8. The van der Waals surface area contributed by atoms with Crippen LogP contribution in [0, 0.1) is 0 Å². The molecule has 0 aliphatic heterocycles. The van der Waals surface area contributed by atoms with E-state index in [1.807, 2.05) is 37.7 Å². The Morgan fingerprint density at radius 1 is 1.00 bits per heavy atom. The lowest BCUT2D eigenvalue weighted by Gasteiger charge is -2.31. The van der Waals surface area contributed by atoms with E-state index < -0.39 is 5.60 Å². The number of aryl methyl sites for hydroxylation is 1. The van der Waals surface area contributed by atoms with Crippen LogP contribution in [0.15, 0.2) is 65.6 Å². The molecule has 0 aliphatic carbocycles. The molecular formula is C23H31O3PS. The van der Waals surface area contributed by atoms with Gasteiger partial charge in [0, 0.05) is 23.2 Å². The number of ether oxygens (including phenoxy) is 2. The number of hydrogen-bond donors (Lipinski definition) is 0.